The highest BCUT2D eigenvalue weighted by Crippen LogP contribution is 2.41. The van der Waals surface area contributed by atoms with Crippen LogP contribution in [0.2, 0.25) is 0 Å². The first-order valence-corrected chi connectivity index (χ1v) is 11.2. The Balaban J connectivity index is 1.26. The maximum Gasteiger partial charge on any atom is 0.335 e. The quantitative estimate of drug-likeness (QED) is 0.483. The van der Waals surface area contributed by atoms with E-state index >= 15 is 0 Å². The number of anilines is 1. The van der Waals surface area contributed by atoms with Gasteiger partial charge in [-0.15, -0.1) is 0 Å². The SMILES string of the molecule is O=C(Nc1ncnc2c1ncn2C1OC(C(=O)O)C2OC(C=Cc3ccccc3)OC21)NC1CC1. The molecule has 0 spiro atoms. The smallest absolute Gasteiger partial charge is 0.335 e. The number of aromatic nitrogens is 4. The minimum atomic E-state index is -1.23. The first-order valence-electron chi connectivity index (χ1n) is 11.2. The fourth-order valence-corrected chi connectivity index (χ4v) is 4.23. The highest BCUT2D eigenvalue weighted by molar-refractivity contribution is 5.96. The van der Waals surface area contributed by atoms with E-state index in [2.05, 4.69) is 25.6 Å². The molecular formula is C23H22N6O6. The molecule has 4 heterocycles. The van der Waals surface area contributed by atoms with Gasteiger partial charge < -0.3 is 24.6 Å². The van der Waals surface area contributed by atoms with Gasteiger partial charge in [0.15, 0.2) is 35.6 Å². The van der Waals surface area contributed by atoms with Crippen molar-refractivity contribution in [2.24, 2.45) is 0 Å². The maximum atomic E-state index is 12.2. The van der Waals surface area contributed by atoms with Gasteiger partial charge in [-0.3, -0.25) is 9.88 Å². The number of hydrogen-bond donors (Lipinski definition) is 3. The van der Waals surface area contributed by atoms with Gasteiger partial charge in [-0.05, 0) is 24.5 Å². The van der Waals surface area contributed by atoms with Gasteiger partial charge in [-0.2, -0.15) is 0 Å². The minimum absolute atomic E-state index is 0.185. The van der Waals surface area contributed by atoms with Gasteiger partial charge in [0.2, 0.25) is 0 Å². The van der Waals surface area contributed by atoms with Crippen LogP contribution in [0.4, 0.5) is 10.6 Å². The summed E-state index contributed by atoms with van der Waals surface area (Å²) in [6.45, 7) is 0. The van der Waals surface area contributed by atoms with Crippen LogP contribution in [0.25, 0.3) is 17.2 Å². The third kappa shape index (κ3) is 4.22. The second-order valence-corrected chi connectivity index (χ2v) is 8.54. The summed E-state index contributed by atoms with van der Waals surface area (Å²) in [4.78, 5) is 36.8. The fraction of sp³-hybridized carbons (Fsp3) is 0.348. The van der Waals surface area contributed by atoms with Gasteiger partial charge in [0.25, 0.3) is 0 Å². The Kier molecular flexibility index (Phi) is 5.40. The van der Waals surface area contributed by atoms with Gasteiger partial charge >= 0.3 is 12.0 Å². The lowest BCUT2D eigenvalue weighted by molar-refractivity contribution is -0.166. The molecule has 3 aromatic rings. The predicted molar refractivity (Wildman–Crippen MR) is 121 cm³/mol. The number of carbonyl (C=O) groups is 2. The summed E-state index contributed by atoms with van der Waals surface area (Å²) >= 11 is 0. The molecular weight excluding hydrogens is 456 g/mol. The molecule has 12 heteroatoms. The molecule has 2 aliphatic heterocycles. The van der Waals surface area contributed by atoms with E-state index in [-0.39, 0.29) is 17.9 Å². The molecule has 1 aliphatic carbocycles. The number of nitrogens with one attached hydrogen (secondary N) is 2. The van der Waals surface area contributed by atoms with Crippen LogP contribution in [0, 0.1) is 0 Å². The minimum Gasteiger partial charge on any atom is -0.479 e. The number of amides is 2. The molecule has 2 saturated heterocycles. The van der Waals surface area contributed by atoms with Crippen molar-refractivity contribution in [1.29, 1.82) is 0 Å². The van der Waals surface area contributed by atoms with E-state index in [1.54, 1.807) is 10.6 Å². The summed E-state index contributed by atoms with van der Waals surface area (Å²) in [5, 5.41) is 15.2. The second kappa shape index (κ2) is 8.73. The van der Waals surface area contributed by atoms with Gasteiger partial charge in [-0.1, -0.05) is 36.4 Å². The zero-order chi connectivity index (χ0) is 23.9. The Morgan fingerprint density at radius 1 is 1.06 bits per heavy atom. The summed E-state index contributed by atoms with van der Waals surface area (Å²) in [5.41, 5.74) is 1.67. The molecule has 12 nitrogen and oxygen atoms in total. The topological polar surface area (TPSA) is 150 Å². The number of carboxylic acids is 1. The van der Waals surface area contributed by atoms with Crippen LogP contribution in [0.15, 0.2) is 49.1 Å². The Morgan fingerprint density at radius 3 is 2.63 bits per heavy atom. The zero-order valence-corrected chi connectivity index (χ0v) is 18.4. The van der Waals surface area contributed by atoms with Crippen molar-refractivity contribution >= 4 is 35.1 Å². The largest absolute Gasteiger partial charge is 0.479 e. The number of nitrogens with zero attached hydrogens (tertiary/aromatic N) is 4. The third-order valence-corrected chi connectivity index (χ3v) is 6.04. The number of carbonyl (C=O) groups excluding carboxylic acids is 1. The Morgan fingerprint density at radius 2 is 1.86 bits per heavy atom. The molecule has 1 aromatic carbocycles. The molecule has 3 N–H and O–H groups in total. The van der Waals surface area contributed by atoms with Gasteiger partial charge in [0, 0.05) is 6.04 Å². The molecule has 5 atom stereocenters. The lowest BCUT2D eigenvalue weighted by Gasteiger charge is -2.19. The Bertz CT molecular complexity index is 1290. The second-order valence-electron chi connectivity index (χ2n) is 8.54. The standard InChI is InChI=1S/C23H22N6O6/c30-22(31)18-16-17(34-14(33-16)9-6-12-4-2-1-3-5-12)21(35-18)29-11-26-15-19(24-10-25-20(15)29)28-23(32)27-13-7-8-13/h1-6,9-11,13-14,16-18,21H,7-8H2,(H,30,31)(H2,24,25,27,28,32). The van der Waals surface area contributed by atoms with Crippen LogP contribution in [0.3, 0.4) is 0 Å². The lowest BCUT2D eigenvalue weighted by Crippen LogP contribution is -2.34. The number of urea groups is 1. The number of imidazole rings is 1. The van der Waals surface area contributed by atoms with Crippen molar-refractivity contribution in [3.63, 3.8) is 0 Å². The number of rotatable bonds is 6. The van der Waals surface area contributed by atoms with E-state index in [4.69, 9.17) is 14.2 Å². The normalized spacial score (nSPS) is 27.8. The maximum absolute atomic E-state index is 12.2. The molecule has 2 amide bonds. The number of benzene rings is 1. The summed E-state index contributed by atoms with van der Waals surface area (Å²) in [7, 11) is 0. The van der Waals surface area contributed by atoms with Gasteiger partial charge in [-0.25, -0.2) is 24.5 Å². The first kappa shape index (κ1) is 21.6. The number of ether oxygens (including phenoxy) is 3. The summed E-state index contributed by atoms with van der Waals surface area (Å²) < 4.78 is 19.3. The van der Waals surface area contributed by atoms with Crippen LogP contribution in [0.1, 0.15) is 24.6 Å². The lowest BCUT2D eigenvalue weighted by atomic mass is 10.1. The fourth-order valence-electron chi connectivity index (χ4n) is 4.23. The molecule has 3 fully saturated rings. The third-order valence-electron chi connectivity index (χ3n) is 6.04. The van der Waals surface area contributed by atoms with Crippen molar-refractivity contribution in [3.05, 3.63) is 54.6 Å². The molecule has 2 aromatic heterocycles. The molecule has 180 valence electrons. The van der Waals surface area contributed by atoms with Crippen molar-refractivity contribution in [1.82, 2.24) is 24.8 Å². The monoisotopic (exact) mass is 478 g/mol. The van der Waals surface area contributed by atoms with Crippen molar-refractivity contribution < 1.29 is 28.9 Å². The number of aliphatic carboxylic acids is 1. The van der Waals surface area contributed by atoms with E-state index in [1.807, 2.05) is 36.4 Å². The van der Waals surface area contributed by atoms with Gasteiger partial charge in [0.05, 0.1) is 6.33 Å². The summed E-state index contributed by atoms with van der Waals surface area (Å²) in [6, 6.07) is 9.44. The first-order chi connectivity index (χ1) is 17.1. The van der Waals surface area contributed by atoms with Crippen LogP contribution in [-0.2, 0) is 19.0 Å². The van der Waals surface area contributed by atoms with Crippen molar-refractivity contribution in [3.8, 4) is 0 Å². The summed E-state index contributed by atoms with van der Waals surface area (Å²) in [5.74, 6) is -0.916. The summed E-state index contributed by atoms with van der Waals surface area (Å²) in [6.07, 6.45) is 3.87. The molecule has 0 bridgehead atoms. The molecule has 3 aliphatic rings. The molecule has 5 unspecified atom stereocenters. The van der Waals surface area contributed by atoms with Crippen LogP contribution in [-0.4, -0.2) is 67.3 Å². The Hall–Kier alpha value is -3.87. The molecule has 0 radical (unpaired) electrons. The predicted octanol–water partition coefficient (Wildman–Crippen LogP) is 1.92. The van der Waals surface area contributed by atoms with E-state index in [0.29, 0.717) is 11.2 Å². The van der Waals surface area contributed by atoms with Crippen LogP contribution >= 0.6 is 0 Å². The van der Waals surface area contributed by atoms with E-state index in [0.717, 1.165) is 18.4 Å². The van der Waals surface area contributed by atoms with E-state index in [9.17, 15) is 14.7 Å². The van der Waals surface area contributed by atoms with Crippen LogP contribution in [0.5, 0.6) is 0 Å². The number of hydrogen-bond acceptors (Lipinski definition) is 8. The zero-order valence-electron chi connectivity index (χ0n) is 18.4. The average Bonchev–Trinajstić information content (AvgIpc) is 3.25. The molecule has 35 heavy (non-hydrogen) atoms. The van der Waals surface area contributed by atoms with Crippen molar-refractivity contribution in [2.45, 2.75) is 49.7 Å². The number of carboxylic acid groups (broad SMARTS) is 1. The Labute approximate surface area is 198 Å². The number of fused-ring (bicyclic) bond motifs is 2. The van der Waals surface area contributed by atoms with E-state index < -0.39 is 36.8 Å². The van der Waals surface area contributed by atoms with E-state index in [1.165, 1.54) is 12.7 Å². The molecule has 1 saturated carbocycles. The highest BCUT2D eigenvalue weighted by atomic mass is 16.8. The van der Waals surface area contributed by atoms with Crippen molar-refractivity contribution in [2.75, 3.05) is 5.32 Å². The average molecular weight is 478 g/mol. The van der Waals surface area contributed by atoms with Crippen LogP contribution < -0.4 is 10.6 Å². The highest BCUT2D eigenvalue weighted by Gasteiger charge is 2.56. The molecule has 6 rings (SSSR count). The van der Waals surface area contributed by atoms with Gasteiger partial charge in [0.1, 0.15) is 18.5 Å².